The van der Waals surface area contributed by atoms with Gasteiger partial charge in [0.15, 0.2) is 5.76 Å². The molecule has 0 atom stereocenters. The van der Waals surface area contributed by atoms with E-state index >= 15 is 0 Å². The summed E-state index contributed by atoms with van der Waals surface area (Å²) in [7, 11) is 0. The predicted molar refractivity (Wildman–Crippen MR) is 107 cm³/mol. The Bertz CT molecular complexity index is 1100. The molecule has 0 saturated heterocycles. The third kappa shape index (κ3) is 3.82. The number of aromatic nitrogens is 3. The Morgan fingerprint density at radius 1 is 1.14 bits per heavy atom. The van der Waals surface area contributed by atoms with E-state index in [1.807, 2.05) is 43.3 Å². The van der Waals surface area contributed by atoms with E-state index in [-0.39, 0.29) is 5.91 Å². The van der Waals surface area contributed by atoms with E-state index in [1.165, 1.54) is 10.9 Å². The molecule has 7 heteroatoms. The molecule has 0 radical (unpaired) electrons. The lowest BCUT2D eigenvalue weighted by Gasteiger charge is -2.08. The van der Waals surface area contributed by atoms with Crippen LogP contribution in [0.2, 0.25) is 5.02 Å². The van der Waals surface area contributed by atoms with Crippen LogP contribution in [0.25, 0.3) is 11.6 Å². The third-order valence-corrected chi connectivity index (χ3v) is 4.41. The molecule has 2 aromatic carbocycles. The van der Waals surface area contributed by atoms with Crippen LogP contribution in [-0.4, -0.2) is 20.7 Å². The van der Waals surface area contributed by atoms with Crippen molar-refractivity contribution in [2.45, 2.75) is 13.5 Å². The molecule has 0 bridgehead atoms. The number of benzene rings is 2. The van der Waals surface area contributed by atoms with E-state index in [2.05, 4.69) is 15.4 Å². The highest BCUT2D eigenvalue weighted by molar-refractivity contribution is 6.30. The standard InChI is InChI=1S/C21H17ClN4O2/c1-14-7-9-16(10-8-14)20(27)26-21(23-13-15-4-2-5-17(22)12-15)24-19(25-26)18-6-3-11-28-18/h2-12H,13H2,1H3,(H,23,24,25). The van der Waals surface area contributed by atoms with Crippen molar-refractivity contribution in [1.29, 1.82) is 0 Å². The van der Waals surface area contributed by atoms with Crippen LogP contribution in [0.15, 0.2) is 71.3 Å². The second kappa shape index (κ2) is 7.70. The minimum absolute atomic E-state index is 0.279. The van der Waals surface area contributed by atoms with E-state index in [4.69, 9.17) is 16.0 Å². The van der Waals surface area contributed by atoms with Crippen LogP contribution in [0.5, 0.6) is 0 Å². The SMILES string of the molecule is Cc1ccc(C(=O)n2nc(-c3ccco3)nc2NCc2cccc(Cl)c2)cc1. The minimum Gasteiger partial charge on any atom is -0.461 e. The van der Waals surface area contributed by atoms with Crippen LogP contribution >= 0.6 is 11.6 Å². The molecule has 0 fully saturated rings. The maximum Gasteiger partial charge on any atom is 0.281 e. The van der Waals surface area contributed by atoms with Gasteiger partial charge in [-0.1, -0.05) is 41.4 Å². The Labute approximate surface area is 166 Å². The summed E-state index contributed by atoms with van der Waals surface area (Å²) in [6, 6.07) is 18.3. The number of carbonyl (C=O) groups is 1. The highest BCUT2D eigenvalue weighted by atomic mass is 35.5. The van der Waals surface area contributed by atoms with Crippen LogP contribution < -0.4 is 5.32 Å². The number of nitrogens with zero attached hydrogens (tertiary/aromatic N) is 3. The van der Waals surface area contributed by atoms with Gasteiger partial charge in [0, 0.05) is 17.1 Å². The van der Waals surface area contributed by atoms with Crippen molar-refractivity contribution >= 4 is 23.5 Å². The topological polar surface area (TPSA) is 73.0 Å². The molecule has 2 heterocycles. The van der Waals surface area contributed by atoms with E-state index in [1.54, 1.807) is 24.3 Å². The number of hydrogen-bond acceptors (Lipinski definition) is 5. The zero-order chi connectivity index (χ0) is 19.5. The molecule has 4 rings (SSSR count). The van der Waals surface area contributed by atoms with Gasteiger partial charge in [-0.15, -0.1) is 5.10 Å². The molecular weight excluding hydrogens is 376 g/mol. The lowest BCUT2D eigenvalue weighted by atomic mass is 10.1. The Balaban J connectivity index is 1.67. The first kappa shape index (κ1) is 18.0. The van der Waals surface area contributed by atoms with Gasteiger partial charge >= 0.3 is 0 Å². The molecule has 0 aliphatic rings. The van der Waals surface area contributed by atoms with Crippen molar-refractivity contribution in [3.63, 3.8) is 0 Å². The molecule has 1 N–H and O–H groups in total. The average molecular weight is 393 g/mol. The summed E-state index contributed by atoms with van der Waals surface area (Å²) in [5, 5.41) is 8.17. The number of nitrogens with one attached hydrogen (secondary N) is 1. The Hall–Kier alpha value is -3.38. The fourth-order valence-electron chi connectivity index (χ4n) is 2.72. The van der Waals surface area contributed by atoms with Gasteiger partial charge in [-0.3, -0.25) is 4.79 Å². The van der Waals surface area contributed by atoms with Gasteiger partial charge in [-0.2, -0.15) is 9.67 Å². The predicted octanol–water partition coefficient (Wildman–Crippen LogP) is 4.80. The molecule has 4 aromatic rings. The van der Waals surface area contributed by atoms with Crippen molar-refractivity contribution in [2.24, 2.45) is 0 Å². The maximum absolute atomic E-state index is 13.0. The van der Waals surface area contributed by atoms with Crippen LogP contribution in [0, 0.1) is 6.92 Å². The second-order valence-electron chi connectivity index (χ2n) is 6.30. The molecule has 2 aromatic heterocycles. The summed E-state index contributed by atoms with van der Waals surface area (Å²) in [5.41, 5.74) is 2.56. The summed E-state index contributed by atoms with van der Waals surface area (Å²) in [6.07, 6.45) is 1.54. The number of hydrogen-bond donors (Lipinski definition) is 1. The normalized spacial score (nSPS) is 10.8. The van der Waals surface area contributed by atoms with Crippen molar-refractivity contribution in [2.75, 3.05) is 5.32 Å². The van der Waals surface area contributed by atoms with Gasteiger partial charge < -0.3 is 9.73 Å². The number of anilines is 1. The summed E-state index contributed by atoms with van der Waals surface area (Å²) in [4.78, 5) is 17.4. The molecule has 140 valence electrons. The van der Waals surface area contributed by atoms with Crippen LogP contribution in [-0.2, 0) is 6.54 Å². The second-order valence-corrected chi connectivity index (χ2v) is 6.74. The molecule has 28 heavy (non-hydrogen) atoms. The fourth-order valence-corrected chi connectivity index (χ4v) is 2.94. The van der Waals surface area contributed by atoms with E-state index in [0.717, 1.165) is 11.1 Å². The molecular formula is C21H17ClN4O2. The number of rotatable bonds is 5. The zero-order valence-electron chi connectivity index (χ0n) is 15.1. The number of carbonyl (C=O) groups excluding carboxylic acids is 1. The van der Waals surface area contributed by atoms with Gasteiger partial charge in [0.2, 0.25) is 11.8 Å². The van der Waals surface area contributed by atoms with Crippen LogP contribution in [0.4, 0.5) is 5.95 Å². The Kier molecular flexibility index (Phi) is 4.95. The Morgan fingerprint density at radius 3 is 2.68 bits per heavy atom. The van der Waals surface area contributed by atoms with Gasteiger partial charge in [0.05, 0.1) is 6.26 Å². The van der Waals surface area contributed by atoms with E-state index < -0.39 is 0 Å². The quantitative estimate of drug-likeness (QED) is 0.528. The number of halogens is 1. The smallest absolute Gasteiger partial charge is 0.281 e. The highest BCUT2D eigenvalue weighted by Crippen LogP contribution is 2.20. The van der Waals surface area contributed by atoms with Gasteiger partial charge in [-0.05, 0) is 48.9 Å². The van der Waals surface area contributed by atoms with E-state index in [0.29, 0.717) is 34.7 Å². The first-order chi connectivity index (χ1) is 13.6. The summed E-state index contributed by atoms with van der Waals surface area (Å²) in [6.45, 7) is 2.41. The molecule has 0 amide bonds. The van der Waals surface area contributed by atoms with Crippen molar-refractivity contribution in [3.8, 4) is 11.6 Å². The largest absolute Gasteiger partial charge is 0.461 e. The molecule has 6 nitrogen and oxygen atoms in total. The maximum atomic E-state index is 13.0. The van der Waals surface area contributed by atoms with Gasteiger partial charge in [0.1, 0.15) is 0 Å². The minimum atomic E-state index is -0.279. The summed E-state index contributed by atoms with van der Waals surface area (Å²) < 4.78 is 6.63. The average Bonchev–Trinajstić information content (AvgIpc) is 3.36. The first-order valence-electron chi connectivity index (χ1n) is 8.71. The first-order valence-corrected chi connectivity index (χ1v) is 9.08. The van der Waals surface area contributed by atoms with E-state index in [9.17, 15) is 4.79 Å². The lowest BCUT2D eigenvalue weighted by Crippen LogP contribution is -2.17. The zero-order valence-corrected chi connectivity index (χ0v) is 15.8. The van der Waals surface area contributed by atoms with Crippen molar-refractivity contribution in [1.82, 2.24) is 14.8 Å². The molecule has 0 aliphatic heterocycles. The third-order valence-electron chi connectivity index (χ3n) is 4.18. The lowest BCUT2D eigenvalue weighted by molar-refractivity contribution is 0.0947. The molecule has 0 spiro atoms. The summed E-state index contributed by atoms with van der Waals surface area (Å²) in [5.74, 6) is 0.871. The van der Waals surface area contributed by atoms with Crippen LogP contribution in [0.1, 0.15) is 21.5 Å². The van der Waals surface area contributed by atoms with Gasteiger partial charge in [-0.25, -0.2) is 0 Å². The summed E-state index contributed by atoms with van der Waals surface area (Å²) >= 11 is 6.05. The van der Waals surface area contributed by atoms with Crippen molar-refractivity contribution in [3.05, 3.63) is 88.6 Å². The molecule has 0 aliphatic carbocycles. The van der Waals surface area contributed by atoms with Crippen LogP contribution in [0.3, 0.4) is 0 Å². The molecule has 0 unspecified atom stereocenters. The monoisotopic (exact) mass is 392 g/mol. The van der Waals surface area contributed by atoms with Gasteiger partial charge in [0.25, 0.3) is 5.91 Å². The number of aryl methyl sites for hydroxylation is 1. The Morgan fingerprint density at radius 2 is 1.96 bits per heavy atom. The number of furan rings is 1. The highest BCUT2D eigenvalue weighted by Gasteiger charge is 2.19. The fraction of sp³-hybridized carbons (Fsp3) is 0.0952. The molecule has 0 saturated carbocycles. The van der Waals surface area contributed by atoms with Crippen molar-refractivity contribution < 1.29 is 9.21 Å².